The molecule has 1 saturated heterocycles. The molecule has 1 aliphatic heterocycles. The van der Waals surface area contributed by atoms with Crippen LogP contribution in [0.3, 0.4) is 0 Å². The molecule has 1 aliphatic carbocycles. The zero-order chi connectivity index (χ0) is 14.5. The molecule has 2 N–H and O–H groups in total. The number of hydrogen-bond donors (Lipinski definition) is 2. The average Bonchev–Trinajstić information content (AvgIpc) is 2.41. The van der Waals surface area contributed by atoms with Crippen molar-refractivity contribution in [2.75, 3.05) is 19.7 Å². The SMILES string of the molecule is CC1CCC(NC(=O)N2CCOC(CC(=O)O)C2)CC1. The molecule has 0 bridgehead atoms. The Bertz CT molecular complexity index is 353. The summed E-state index contributed by atoms with van der Waals surface area (Å²) in [4.78, 5) is 24.6. The maximum absolute atomic E-state index is 12.2. The van der Waals surface area contributed by atoms with Crippen LogP contribution in [0.2, 0.25) is 0 Å². The molecule has 1 unspecified atom stereocenters. The Kier molecular flexibility index (Phi) is 5.23. The maximum atomic E-state index is 12.2. The van der Waals surface area contributed by atoms with E-state index in [4.69, 9.17) is 9.84 Å². The minimum atomic E-state index is -0.890. The lowest BCUT2D eigenvalue weighted by Gasteiger charge is -2.34. The number of carboxylic acids is 1. The van der Waals surface area contributed by atoms with Crippen LogP contribution < -0.4 is 5.32 Å². The highest BCUT2D eigenvalue weighted by Gasteiger charge is 2.28. The van der Waals surface area contributed by atoms with E-state index in [1.807, 2.05) is 0 Å². The monoisotopic (exact) mass is 284 g/mol. The van der Waals surface area contributed by atoms with Crippen LogP contribution in [0, 0.1) is 5.92 Å². The summed E-state index contributed by atoms with van der Waals surface area (Å²) in [6.07, 6.45) is 3.96. The van der Waals surface area contributed by atoms with Crippen molar-refractivity contribution in [2.24, 2.45) is 5.92 Å². The lowest BCUT2D eigenvalue weighted by molar-refractivity contribution is -0.141. The molecule has 1 heterocycles. The van der Waals surface area contributed by atoms with Crippen LogP contribution >= 0.6 is 0 Å². The minimum Gasteiger partial charge on any atom is -0.481 e. The van der Waals surface area contributed by atoms with Crippen molar-refractivity contribution >= 4 is 12.0 Å². The normalized spacial score (nSPS) is 30.9. The van der Waals surface area contributed by atoms with Crippen LogP contribution in [0.15, 0.2) is 0 Å². The van der Waals surface area contributed by atoms with Gasteiger partial charge in [0.05, 0.1) is 19.1 Å². The van der Waals surface area contributed by atoms with E-state index < -0.39 is 12.1 Å². The van der Waals surface area contributed by atoms with E-state index in [-0.39, 0.29) is 18.5 Å². The predicted molar refractivity (Wildman–Crippen MR) is 73.5 cm³/mol. The van der Waals surface area contributed by atoms with Gasteiger partial charge < -0.3 is 20.1 Å². The molecule has 2 fully saturated rings. The lowest BCUT2D eigenvalue weighted by Crippen LogP contribution is -2.52. The Hall–Kier alpha value is -1.30. The van der Waals surface area contributed by atoms with E-state index in [1.165, 1.54) is 0 Å². The summed E-state index contributed by atoms with van der Waals surface area (Å²) in [5, 5.41) is 11.8. The number of aliphatic carboxylic acids is 1. The molecule has 6 heteroatoms. The van der Waals surface area contributed by atoms with Crippen molar-refractivity contribution in [1.82, 2.24) is 10.2 Å². The van der Waals surface area contributed by atoms with Crippen LogP contribution in [-0.2, 0) is 9.53 Å². The van der Waals surface area contributed by atoms with Crippen LogP contribution in [0.1, 0.15) is 39.0 Å². The van der Waals surface area contributed by atoms with E-state index in [0.29, 0.717) is 19.7 Å². The van der Waals surface area contributed by atoms with Gasteiger partial charge in [-0.2, -0.15) is 0 Å². The largest absolute Gasteiger partial charge is 0.481 e. The fraction of sp³-hybridized carbons (Fsp3) is 0.857. The quantitative estimate of drug-likeness (QED) is 0.822. The Morgan fingerprint density at radius 3 is 2.65 bits per heavy atom. The predicted octanol–water partition coefficient (Wildman–Crippen LogP) is 1.45. The highest BCUT2D eigenvalue weighted by atomic mass is 16.5. The average molecular weight is 284 g/mol. The third kappa shape index (κ3) is 4.37. The first-order chi connectivity index (χ1) is 9.54. The maximum Gasteiger partial charge on any atom is 0.317 e. The summed E-state index contributed by atoms with van der Waals surface area (Å²) in [7, 11) is 0. The number of ether oxygens (including phenoxy) is 1. The summed E-state index contributed by atoms with van der Waals surface area (Å²) >= 11 is 0. The Morgan fingerprint density at radius 2 is 2.00 bits per heavy atom. The first kappa shape index (κ1) is 15.1. The Morgan fingerprint density at radius 1 is 1.30 bits per heavy atom. The van der Waals surface area contributed by atoms with Gasteiger partial charge in [0.25, 0.3) is 0 Å². The number of carbonyl (C=O) groups excluding carboxylic acids is 1. The number of urea groups is 1. The van der Waals surface area contributed by atoms with E-state index in [9.17, 15) is 9.59 Å². The van der Waals surface area contributed by atoms with Crippen LogP contribution in [0.5, 0.6) is 0 Å². The van der Waals surface area contributed by atoms with Gasteiger partial charge in [-0.15, -0.1) is 0 Å². The highest BCUT2D eigenvalue weighted by molar-refractivity contribution is 5.75. The van der Waals surface area contributed by atoms with Crippen LogP contribution in [0.25, 0.3) is 0 Å². The molecule has 0 radical (unpaired) electrons. The van der Waals surface area contributed by atoms with Crippen molar-refractivity contribution in [3.63, 3.8) is 0 Å². The van der Waals surface area contributed by atoms with E-state index >= 15 is 0 Å². The molecule has 2 amide bonds. The van der Waals surface area contributed by atoms with Crippen LogP contribution in [-0.4, -0.2) is 53.8 Å². The summed E-state index contributed by atoms with van der Waals surface area (Å²) in [5.41, 5.74) is 0. The summed E-state index contributed by atoms with van der Waals surface area (Å²) in [6.45, 7) is 3.55. The molecule has 0 aromatic carbocycles. The molecule has 0 spiro atoms. The molecule has 1 atom stereocenters. The molecule has 0 aromatic rings. The second-order valence-corrected chi connectivity index (χ2v) is 5.94. The molecule has 2 rings (SSSR count). The molecular formula is C14H24N2O4. The number of rotatable bonds is 3. The number of hydrogen-bond acceptors (Lipinski definition) is 3. The molecule has 2 aliphatic rings. The van der Waals surface area contributed by atoms with E-state index in [2.05, 4.69) is 12.2 Å². The second kappa shape index (κ2) is 6.92. The minimum absolute atomic E-state index is 0.0509. The third-order valence-electron chi connectivity index (χ3n) is 4.17. The third-order valence-corrected chi connectivity index (χ3v) is 4.17. The molecule has 6 nitrogen and oxygen atoms in total. The van der Waals surface area contributed by atoms with Crippen molar-refractivity contribution in [3.05, 3.63) is 0 Å². The number of nitrogens with one attached hydrogen (secondary N) is 1. The molecule has 1 saturated carbocycles. The van der Waals surface area contributed by atoms with Gasteiger partial charge in [0.15, 0.2) is 0 Å². The fourth-order valence-electron chi connectivity index (χ4n) is 2.89. The first-order valence-electron chi connectivity index (χ1n) is 7.43. The van der Waals surface area contributed by atoms with Gasteiger partial charge >= 0.3 is 12.0 Å². The van der Waals surface area contributed by atoms with Gasteiger partial charge in [-0.05, 0) is 31.6 Å². The van der Waals surface area contributed by atoms with Crippen molar-refractivity contribution in [3.8, 4) is 0 Å². The standard InChI is InChI=1S/C14H24N2O4/c1-10-2-4-11(5-3-10)15-14(19)16-6-7-20-12(9-16)8-13(17)18/h10-12H,2-9H2,1H3,(H,15,19)(H,17,18). The van der Waals surface area contributed by atoms with Crippen LogP contribution in [0.4, 0.5) is 4.79 Å². The zero-order valence-corrected chi connectivity index (χ0v) is 12.0. The summed E-state index contributed by atoms with van der Waals surface area (Å²) in [6, 6.07) is 0.183. The van der Waals surface area contributed by atoms with Gasteiger partial charge in [-0.3, -0.25) is 4.79 Å². The van der Waals surface area contributed by atoms with Gasteiger partial charge in [-0.25, -0.2) is 4.79 Å². The summed E-state index contributed by atoms with van der Waals surface area (Å²) < 4.78 is 5.37. The smallest absolute Gasteiger partial charge is 0.317 e. The van der Waals surface area contributed by atoms with Gasteiger partial charge in [0.2, 0.25) is 0 Å². The number of morpholine rings is 1. The van der Waals surface area contributed by atoms with Gasteiger partial charge in [0, 0.05) is 19.1 Å². The number of carboxylic acid groups (broad SMARTS) is 1. The molecule has 20 heavy (non-hydrogen) atoms. The topological polar surface area (TPSA) is 78.9 Å². The van der Waals surface area contributed by atoms with E-state index in [1.54, 1.807) is 4.90 Å². The Labute approximate surface area is 119 Å². The molecule has 114 valence electrons. The Balaban J connectivity index is 1.78. The number of amides is 2. The van der Waals surface area contributed by atoms with E-state index in [0.717, 1.165) is 31.6 Å². The van der Waals surface area contributed by atoms with Crippen molar-refractivity contribution in [1.29, 1.82) is 0 Å². The van der Waals surface area contributed by atoms with Crippen molar-refractivity contribution in [2.45, 2.75) is 51.2 Å². The van der Waals surface area contributed by atoms with Crippen molar-refractivity contribution < 1.29 is 19.4 Å². The van der Waals surface area contributed by atoms with Gasteiger partial charge in [0.1, 0.15) is 0 Å². The first-order valence-corrected chi connectivity index (χ1v) is 7.43. The number of nitrogens with zero attached hydrogens (tertiary/aromatic N) is 1. The number of carbonyl (C=O) groups is 2. The zero-order valence-electron chi connectivity index (χ0n) is 12.0. The highest BCUT2D eigenvalue weighted by Crippen LogP contribution is 2.23. The molecule has 0 aromatic heterocycles. The fourth-order valence-corrected chi connectivity index (χ4v) is 2.89. The molecular weight excluding hydrogens is 260 g/mol. The van der Waals surface area contributed by atoms with Gasteiger partial charge in [-0.1, -0.05) is 6.92 Å². The lowest BCUT2D eigenvalue weighted by atomic mass is 9.87. The summed E-state index contributed by atoms with van der Waals surface area (Å²) in [5.74, 6) is -0.134. The second-order valence-electron chi connectivity index (χ2n) is 5.94.